The third kappa shape index (κ3) is 3.22. The predicted molar refractivity (Wildman–Crippen MR) is 45.7 cm³/mol. The zero-order valence-corrected chi connectivity index (χ0v) is 7.26. The van der Waals surface area contributed by atoms with Gasteiger partial charge >= 0.3 is 0 Å². The lowest BCUT2D eigenvalue weighted by Gasteiger charge is -2.04. The minimum absolute atomic E-state index is 0.228. The second kappa shape index (κ2) is 4.58. The van der Waals surface area contributed by atoms with Gasteiger partial charge in [0, 0.05) is 0 Å². The lowest BCUT2D eigenvalue weighted by Crippen LogP contribution is -2.08. The van der Waals surface area contributed by atoms with Crippen molar-refractivity contribution in [3.63, 3.8) is 0 Å². The number of nitrogens with one attached hydrogen (secondary N) is 3. The van der Waals surface area contributed by atoms with Gasteiger partial charge in [0.2, 0.25) is 12.4 Å². The van der Waals surface area contributed by atoms with Crippen LogP contribution in [0.5, 0.6) is 0 Å². The van der Waals surface area contributed by atoms with E-state index >= 15 is 0 Å². The number of carbonyl (C=O) groups is 1. The molecule has 0 radical (unpaired) electrons. The monoisotopic (exact) mass is 203 g/mol. The van der Waals surface area contributed by atoms with Crippen LogP contribution in [0.2, 0.25) is 0 Å². The van der Waals surface area contributed by atoms with Crippen LogP contribution in [0.3, 0.4) is 0 Å². The molecule has 1 atom stereocenters. The van der Waals surface area contributed by atoms with Crippen molar-refractivity contribution in [1.82, 2.24) is 9.97 Å². The molecule has 0 aromatic carbocycles. The van der Waals surface area contributed by atoms with E-state index in [1.165, 1.54) is 6.20 Å². The zero-order valence-electron chi connectivity index (χ0n) is 6.44. The molecule has 0 saturated carbocycles. The number of amides is 1. The molecule has 0 bridgehead atoms. The highest BCUT2D eigenvalue weighted by Gasteiger charge is 1.97. The van der Waals surface area contributed by atoms with Crippen molar-refractivity contribution in [3.8, 4) is 0 Å². The number of aromatic nitrogens is 2. The molecule has 0 aliphatic carbocycles. The highest BCUT2D eigenvalue weighted by molar-refractivity contribution is 7.79. The first-order valence-corrected chi connectivity index (χ1v) is 4.51. The number of rotatable bonds is 5. The molecular weight excluding hydrogens is 196 g/mol. The van der Waals surface area contributed by atoms with E-state index in [0.29, 0.717) is 12.2 Å². The van der Waals surface area contributed by atoms with Crippen molar-refractivity contribution < 1.29 is 13.6 Å². The van der Waals surface area contributed by atoms with Gasteiger partial charge < -0.3 is 20.2 Å². The van der Waals surface area contributed by atoms with Crippen molar-refractivity contribution in [1.29, 1.82) is 0 Å². The number of imidazole rings is 1. The quantitative estimate of drug-likeness (QED) is 0.430. The van der Waals surface area contributed by atoms with Crippen LogP contribution in [0, 0.1) is 0 Å². The van der Waals surface area contributed by atoms with Crippen LogP contribution in [0.1, 0.15) is 0 Å². The second-order valence-corrected chi connectivity index (χ2v) is 2.93. The maximum atomic E-state index is 10.1. The molecule has 8 heteroatoms. The second-order valence-electron chi connectivity index (χ2n) is 2.03. The molecular formula is C5H7N4O3S-. The van der Waals surface area contributed by atoms with E-state index in [9.17, 15) is 13.6 Å². The van der Waals surface area contributed by atoms with E-state index in [4.69, 9.17) is 0 Å². The third-order valence-corrected chi connectivity index (χ3v) is 1.53. The minimum Gasteiger partial charge on any atom is -0.771 e. The van der Waals surface area contributed by atoms with Gasteiger partial charge in [0.15, 0.2) is 0 Å². The first kappa shape index (κ1) is 9.68. The SMILES string of the molecule is O=CNc1cnc(NCS(=O)[O-])[nH]1. The van der Waals surface area contributed by atoms with Crippen LogP contribution < -0.4 is 10.6 Å². The molecule has 7 nitrogen and oxygen atoms in total. The Morgan fingerprint density at radius 1 is 1.77 bits per heavy atom. The van der Waals surface area contributed by atoms with Gasteiger partial charge in [-0.3, -0.25) is 9.00 Å². The molecule has 1 heterocycles. The van der Waals surface area contributed by atoms with Gasteiger partial charge in [-0.05, 0) is 11.1 Å². The van der Waals surface area contributed by atoms with Gasteiger partial charge in [-0.15, -0.1) is 0 Å². The molecule has 1 rings (SSSR count). The highest BCUT2D eigenvalue weighted by atomic mass is 32.2. The molecule has 0 saturated heterocycles. The number of carbonyl (C=O) groups excluding carboxylic acids is 1. The van der Waals surface area contributed by atoms with Crippen LogP contribution >= 0.6 is 0 Å². The van der Waals surface area contributed by atoms with Crippen molar-refractivity contribution >= 4 is 29.3 Å². The minimum atomic E-state index is -2.17. The summed E-state index contributed by atoms with van der Waals surface area (Å²) in [6.07, 6.45) is 1.85. The average Bonchev–Trinajstić information content (AvgIpc) is 2.50. The average molecular weight is 203 g/mol. The summed E-state index contributed by atoms with van der Waals surface area (Å²) in [5.41, 5.74) is 0. The van der Waals surface area contributed by atoms with Crippen LogP contribution in [-0.4, -0.2) is 31.0 Å². The van der Waals surface area contributed by atoms with Gasteiger partial charge in [-0.1, -0.05) is 0 Å². The summed E-state index contributed by atoms with van der Waals surface area (Å²) in [5, 5.41) is 4.81. The smallest absolute Gasteiger partial charge is 0.212 e. The standard InChI is InChI=1S/C5H8N4O3S/c10-2-7-4-1-6-5(9-4)8-3-13(11)12/h1-2H,3H2,(H,7,10)(H,11,12)(H2,6,8,9)/p-1. The Morgan fingerprint density at radius 2 is 2.54 bits per heavy atom. The normalized spacial score (nSPS) is 12.1. The third-order valence-electron chi connectivity index (χ3n) is 1.15. The summed E-state index contributed by atoms with van der Waals surface area (Å²) in [6, 6.07) is 0. The van der Waals surface area contributed by atoms with Crippen molar-refractivity contribution in [2.75, 3.05) is 16.5 Å². The number of anilines is 2. The summed E-state index contributed by atoms with van der Waals surface area (Å²) in [6.45, 7) is 0. The molecule has 13 heavy (non-hydrogen) atoms. The summed E-state index contributed by atoms with van der Waals surface area (Å²) in [4.78, 5) is 16.3. The Morgan fingerprint density at radius 3 is 3.15 bits per heavy atom. The fourth-order valence-electron chi connectivity index (χ4n) is 0.675. The molecule has 1 aromatic rings. The Labute approximate surface area is 76.2 Å². The largest absolute Gasteiger partial charge is 0.771 e. The van der Waals surface area contributed by atoms with E-state index in [-0.39, 0.29) is 11.8 Å². The van der Waals surface area contributed by atoms with Gasteiger partial charge in [0.25, 0.3) is 0 Å². The van der Waals surface area contributed by atoms with Crippen LogP contribution in [0.4, 0.5) is 11.8 Å². The number of aromatic amines is 1. The van der Waals surface area contributed by atoms with E-state index in [1.807, 2.05) is 0 Å². The molecule has 1 amide bonds. The van der Waals surface area contributed by atoms with Crippen molar-refractivity contribution in [3.05, 3.63) is 6.20 Å². The van der Waals surface area contributed by atoms with Gasteiger partial charge in [0.05, 0.1) is 12.1 Å². The number of nitrogens with zero attached hydrogens (tertiary/aromatic N) is 1. The number of hydrogen-bond acceptors (Lipinski definition) is 5. The molecule has 0 aliphatic heterocycles. The van der Waals surface area contributed by atoms with Gasteiger partial charge in [0.1, 0.15) is 5.82 Å². The zero-order chi connectivity index (χ0) is 9.68. The van der Waals surface area contributed by atoms with Crippen LogP contribution in [0.25, 0.3) is 0 Å². The van der Waals surface area contributed by atoms with Gasteiger partial charge in [-0.2, -0.15) is 0 Å². The molecule has 1 unspecified atom stereocenters. The summed E-state index contributed by atoms with van der Waals surface area (Å²) in [5.74, 6) is 0.455. The number of hydrogen-bond donors (Lipinski definition) is 3. The van der Waals surface area contributed by atoms with E-state index in [1.54, 1.807) is 0 Å². The molecule has 0 fully saturated rings. The van der Waals surface area contributed by atoms with E-state index in [2.05, 4.69) is 20.6 Å². The molecule has 0 aliphatic rings. The van der Waals surface area contributed by atoms with Gasteiger partial charge in [-0.25, -0.2) is 4.98 Å². The summed E-state index contributed by atoms with van der Waals surface area (Å²) < 4.78 is 20.3. The summed E-state index contributed by atoms with van der Waals surface area (Å²) in [7, 11) is 0. The molecule has 0 spiro atoms. The Bertz CT molecular complexity index is 312. The maximum Gasteiger partial charge on any atom is 0.212 e. The van der Waals surface area contributed by atoms with Crippen molar-refractivity contribution in [2.45, 2.75) is 0 Å². The van der Waals surface area contributed by atoms with E-state index in [0.717, 1.165) is 0 Å². The Balaban J connectivity index is 2.48. The lowest BCUT2D eigenvalue weighted by molar-refractivity contribution is -0.105. The molecule has 1 aromatic heterocycles. The van der Waals surface area contributed by atoms with E-state index < -0.39 is 11.1 Å². The van der Waals surface area contributed by atoms with Crippen LogP contribution in [0.15, 0.2) is 6.20 Å². The summed E-state index contributed by atoms with van der Waals surface area (Å²) >= 11 is -2.17. The highest BCUT2D eigenvalue weighted by Crippen LogP contribution is 2.05. The first-order chi connectivity index (χ1) is 6.22. The Hall–Kier alpha value is -1.41. The maximum absolute atomic E-state index is 10.1. The van der Waals surface area contributed by atoms with Crippen molar-refractivity contribution in [2.24, 2.45) is 0 Å². The topological polar surface area (TPSA) is 110 Å². The van der Waals surface area contributed by atoms with Crippen LogP contribution in [-0.2, 0) is 15.9 Å². The number of H-pyrrole nitrogens is 1. The fraction of sp³-hybridized carbons (Fsp3) is 0.200. The molecule has 72 valence electrons. The lowest BCUT2D eigenvalue weighted by atomic mass is 10.8. The molecule has 3 N–H and O–H groups in total. The first-order valence-electron chi connectivity index (χ1n) is 3.27. The predicted octanol–water partition coefficient (Wildman–Crippen LogP) is -0.774. The fourth-order valence-corrected chi connectivity index (χ4v) is 0.930. The Kier molecular flexibility index (Phi) is 3.41.